The van der Waals surface area contributed by atoms with Crippen molar-refractivity contribution in [2.75, 3.05) is 19.0 Å². The molecule has 0 bridgehead atoms. The molecule has 2 rings (SSSR count). The van der Waals surface area contributed by atoms with Crippen molar-refractivity contribution >= 4 is 11.7 Å². The SMILES string of the molecule is CCOc1ccc(NCc2ccccc2C(=O)OC)cc1. The summed E-state index contributed by atoms with van der Waals surface area (Å²) in [7, 11) is 1.39. The van der Waals surface area contributed by atoms with Crippen molar-refractivity contribution in [2.24, 2.45) is 0 Å². The van der Waals surface area contributed by atoms with Gasteiger partial charge in [0.05, 0.1) is 19.3 Å². The molecule has 0 radical (unpaired) electrons. The molecule has 0 saturated heterocycles. The van der Waals surface area contributed by atoms with Crippen LogP contribution in [0.5, 0.6) is 5.75 Å². The van der Waals surface area contributed by atoms with E-state index in [0.717, 1.165) is 17.0 Å². The maximum Gasteiger partial charge on any atom is 0.338 e. The van der Waals surface area contributed by atoms with Crippen LogP contribution in [0.15, 0.2) is 48.5 Å². The summed E-state index contributed by atoms with van der Waals surface area (Å²) in [4.78, 5) is 11.7. The van der Waals surface area contributed by atoms with E-state index in [1.54, 1.807) is 6.07 Å². The van der Waals surface area contributed by atoms with Gasteiger partial charge < -0.3 is 14.8 Å². The second-order valence-corrected chi connectivity index (χ2v) is 4.46. The lowest BCUT2D eigenvalue weighted by atomic mass is 10.1. The Morgan fingerprint density at radius 3 is 2.48 bits per heavy atom. The first-order valence-electron chi connectivity index (χ1n) is 6.87. The van der Waals surface area contributed by atoms with Crippen LogP contribution in [0.3, 0.4) is 0 Å². The Morgan fingerprint density at radius 1 is 1.10 bits per heavy atom. The van der Waals surface area contributed by atoms with Gasteiger partial charge in [-0.05, 0) is 42.8 Å². The summed E-state index contributed by atoms with van der Waals surface area (Å²) in [6.07, 6.45) is 0. The van der Waals surface area contributed by atoms with E-state index >= 15 is 0 Å². The number of hydrogen-bond acceptors (Lipinski definition) is 4. The van der Waals surface area contributed by atoms with Crippen LogP contribution in [-0.4, -0.2) is 19.7 Å². The van der Waals surface area contributed by atoms with Crippen molar-refractivity contribution in [1.29, 1.82) is 0 Å². The molecule has 0 heterocycles. The molecule has 0 aromatic heterocycles. The van der Waals surface area contributed by atoms with Gasteiger partial charge in [0.15, 0.2) is 0 Å². The molecule has 0 amide bonds. The Labute approximate surface area is 124 Å². The lowest BCUT2D eigenvalue weighted by molar-refractivity contribution is 0.0599. The zero-order valence-corrected chi connectivity index (χ0v) is 12.3. The van der Waals surface area contributed by atoms with Crippen LogP contribution in [-0.2, 0) is 11.3 Å². The number of esters is 1. The molecule has 0 aliphatic heterocycles. The van der Waals surface area contributed by atoms with Gasteiger partial charge in [0.1, 0.15) is 5.75 Å². The van der Waals surface area contributed by atoms with Gasteiger partial charge in [-0.15, -0.1) is 0 Å². The summed E-state index contributed by atoms with van der Waals surface area (Å²) in [5.41, 5.74) is 2.45. The van der Waals surface area contributed by atoms with Crippen LogP contribution in [0.4, 0.5) is 5.69 Å². The van der Waals surface area contributed by atoms with Crippen LogP contribution < -0.4 is 10.1 Å². The van der Waals surface area contributed by atoms with Crippen molar-refractivity contribution in [1.82, 2.24) is 0 Å². The molecule has 0 aliphatic rings. The second-order valence-electron chi connectivity index (χ2n) is 4.46. The number of methoxy groups -OCH3 is 1. The molecular formula is C17H19NO3. The van der Waals surface area contributed by atoms with Gasteiger partial charge in [-0.25, -0.2) is 4.79 Å². The fraction of sp³-hybridized carbons (Fsp3) is 0.235. The Bertz CT molecular complexity index is 593. The number of nitrogens with one attached hydrogen (secondary N) is 1. The van der Waals surface area contributed by atoms with Crippen LogP contribution in [0.2, 0.25) is 0 Å². The zero-order valence-electron chi connectivity index (χ0n) is 12.3. The summed E-state index contributed by atoms with van der Waals surface area (Å²) in [5.74, 6) is 0.525. The molecule has 4 heteroatoms. The molecule has 0 atom stereocenters. The number of anilines is 1. The van der Waals surface area contributed by atoms with Crippen molar-refractivity contribution in [2.45, 2.75) is 13.5 Å². The Morgan fingerprint density at radius 2 is 1.81 bits per heavy atom. The van der Waals surface area contributed by atoms with Crippen molar-refractivity contribution in [3.05, 3.63) is 59.7 Å². The van der Waals surface area contributed by atoms with Crippen molar-refractivity contribution < 1.29 is 14.3 Å². The largest absolute Gasteiger partial charge is 0.494 e. The minimum Gasteiger partial charge on any atom is -0.494 e. The zero-order chi connectivity index (χ0) is 15.1. The molecule has 0 fully saturated rings. The number of ether oxygens (including phenoxy) is 2. The summed E-state index contributed by atoms with van der Waals surface area (Å²) in [6.45, 7) is 3.16. The average Bonchev–Trinajstić information content (AvgIpc) is 2.54. The van der Waals surface area contributed by atoms with Gasteiger partial charge in [-0.1, -0.05) is 18.2 Å². The van der Waals surface area contributed by atoms with Crippen molar-refractivity contribution in [3.63, 3.8) is 0 Å². The van der Waals surface area contributed by atoms with Gasteiger partial charge >= 0.3 is 5.97 Å². The van der Waals surface area contributed by atoms with Crippen molar-refractivity contribution in [3.8, 4) is 5.75 Å². The molecule has 21 heavy (non-hydrogen) atoms. The van der Waals surface area contributed by atoms with Gasteiger partial charge in [0.25, 0.3) is 0 Å². The van der Waals surface area contributed by atoms with E-state index in [0.29, 0.717) is 18.7 Å². The van der Waals surface area contributed by atoms with E-state index in [-0.39, 0.29) is 5.97 Å². The second kappa shape index (κ2) is 7.33. The molecule has 0 unspecified atom stereocenters. The van der Waals surface area contributed by atoms with Gasteiger partial charge in [0, 0.05) is 12.2 Å². The molecular weight excluding hydrogens is 266 g/mol. The normalized spacial score (nSPS) is 10.0. The molecule has 2 aromatic carbocycles. The first kappa shape index (κ1) is 14.9. The maximum atomic E-state index is 11.7. The molecule has 0 aliphatic carbocycles. The predicted octanol–water partition coefficient (Wildman–Crippen LogP) is 3.48. The van der Waals surface area contributed by atoms with Crippen LogP contribution >= 0.6 is 0 Å². The fourth-order valence-corrected chi connectivity index (χ4v) is 2.02. The maximum absolute atomic E-state index is 11.7. The fourth-order valence-electron chi connectivity index (χ4n) is 2.02. The standard InChI is InChI=1S/C17H19NO3/c1-3-21-15-10-8-14(9-11-15)18-12-13-6-4-5-7-16(13)17(19)20-2/h4-11,18H,3,12H2,1-2H3. The monoisotopic (exact) mass is 285 g/mol. The van der Waals surface area contributed by atoms with Crippen LogP contribution in [0.25, 0.3) is 0 Å². The molecule has 0 spiro atoms. The average molecular weight is 285 g/mol. The predicted molar refractivity (Wildman–Crippen MR) is 82.7 cm³/mol. The summed E-state index contributed by atoms with van der Waals surface area (Å²) in [6, 6.07) is 15.1. The van der Waals surface area contributed by atoms with E-state index in [2.05, 4.69) is 5.32 Å². The van der Waals surface area contributed by atoms with Gasteiger partial charge in [0.2, 0.25) is 0 Å². The number of carbonyl (C=O) groups is 1. The first-order chi connectivity index (χ1) is 10.2. The third-order valence-electron chi connectivity index (χ3n) is 3.07. The minimum atomic E-state index is -0.320. The highest BCUT2D eigenvalue weighted by atomic mass is 16.5. The lowest BCUT2D eigenvalue weighted by Gasteiger charge is -2.11. The lowest BCUT2D eigenvalue weighted by Crippen LogP contribution is -2.09. The molecule has 4 nitrogen and oxygen atoms in total. The third kappa shape index (κ3) is 3.99. The minimum absolute atomic E-state index is 0.320. The van der Waals surface area contributed by atoms with Crippen LogP contribution in [0, 0.1) is 0 Å². The summed E-state index contributed by atoms with van der Waals surface area (Å²) in [5, 5.41) is 3.29. The molecule has 110 valence electrons. The van der Waals surface area contributed by atoms with E-state index < -0.39 is 0 Å². The van der Waals surface area contributed by atoms with E-state index in [9.17, 15) is 4.79 Å². The van der Waals surface area contributed by atoms with Gasteiger partial charge in [-0.2, -0.15) is 0 Å². The summed E-state index contributed by atoms with van der Waals surface area (Å²) >= 11 is 0. The van der Waals surface area contributed by atoms with E-state index in [4.69, 9.17) is 9.47 Å². The van der Waals surface area contributed by atoms with Crippen LogP contribution in [0.1, 0.15) is 22.8 Å². The third-order valence-corrected chi connectivity index (χ3v) is 3.07. The molecule has 0 saturated carbocycles. The Kier molecular flexibility index (Phi) is 5.21. The number of benzene rings is 2. The molecule has 1 N–H and O–H groups in total. The Balaban J connectivity index is 2.04. The number of rotatable bonds is 6. The number of hydrogen-bond donors (Lipinski definition) is 1. The quantitative estimate of drug-likeness (QED) is 0.825. The number of carbonyl (C=O) groups excluding carboxylic acids is 1. The van der Waals surface area contributed by atoms with E-state index in [1.165, 1.54) is 7.11 Å². The highest BCUT2D eigenvalue weighted by Gasteiger charge is 2.10. The first-order valence-corrected chi connectivity index (χ1v) is 6.87. The smallest absolute Gasteiger partial charge is 0.338 e. The molecule has 2 aromatic rings. The summed E-state index contributed by atoms with van der Waals surface area (Å²) < 4.78 is 10.2. The van der Waals surface area contributed by atoms with E-state index in [1.807, 2.05) is 49.4 Å². The van der Waals surface area contributed by atoms with Gasteiger partial charge in [-0.3, -0.25) is 0 Å². The highest BCUT2D eigenvalue weighted by Crippen LogP contribution is 2.17. The highest BCUT2D eigenvalue weighted by molar-refractivity contribution is 5.91. The topological polar surface area (TPSA) is 47.6 Å². The Hall–Kier alpha value is -2.49.